The van der Waals surface area contributed by atoms with Crippen LogP contribution >= 0.6 is 0 Å². The smallest absolute Gasteiger partial charge is 0.317 e. The number of hydrogen-bond donors (Lipinski definition) is 3. The number of amides is 4. The third-order valence-electron chi connectivity index (χ3n) is 4.42. The lowest BCUT2D eigenvalue weighted by Crippen LogP contribution is -2.50. The summed E-state index contributed by atoms with van der Waals surface area (Å²) in [4.78, 5) is 25.0. The van der Waals surface area contributed by atoms with Gasteiger partial charge in [-0.2, -0.15) is 0 Å². The molecule has 2 heterocycles. The maximum Gasteiger partial charge on any atom is 0.317 e. The van der Waals surface area contributed by atoms with E-state index in [0.717, 1.165) is 18.6 Å². The Hall–Kier alpha value is -2.64. The fraction of sp³-hybridized carbons (Fsp3) is 0.529. The molecule has 136 valence electrons. The van der Waals surface area contributed by atoms with Crippen molar-refractivity contribution in [3.8, 4) is 11.5 Å². The molecule has 1 saturated heterocycles. The predicted octanol–water partition coefficient (Wildman–Crippen LogP) is 0.916. The Labute approximate surface area is 146 Å². The van der Waals surface area contributed by atoms with Crippen molar-refractivity contribution in [2.75, 3.05) is 32.8 Å². The minimum Gasteiger partial charge on any atom is -0.486 e. The molecule has 25 heavy (non-hydrogen) atoms. The van der Waals surface area contributed by atoms with Crippen LogP contribution in [0.15, 0.2) is 24.3 Å². The Balaban J connectivity index is 1.44. The van der Waals surface area contributed by atoms with Crippen molar-refractivity contribution in [3.63, 3.8) is 0 Å². The maximum absolute atomic E-state index is 12.4. The molecular weight excluding hydrogens is 324 g/mol. The van der Waals surface area contributed by atoms with Crippen LogP contribution in [0.3, 0.4) is 0 Å². The first-order valence-corrected chi connectivity index (χ1v) is 8.56. The van der Waals surface area contributed by atoms with Gasteiger partial charge in [0.05, 0.1) is 6.54 Å². The summed E-state index contributed by atoms with van der Waals surface area (Å²) in [7, 11) is 0. The average molecular weight is 348 g/mol. The van der Waals surface area contributed by atoms with Crippen LogP contribution in [0, 0.1) is 5.92 Å². The molecule has 0 unspecified atom stereocenters. The molecule has 0 spiro atoms. The lowest BCUT2D eigenvalue weighted by molar-refractivity contribution is 0.0889. The van der Waals surface area contributed by atoms with Gasteiger partial charge in [-0.3, -0.25) is 0 Å². The van der Waals surface area contributed by atoms with Crippen molar-refractivity contribution in [3.05, 3.63) is 24.3 Å². The molecule has 2 aliphatic rings. The number of carbonyl (C=O) groups excluding carboxylic acids is 2. The van der Waals surface area contributed by atoms with Crippen LogP contribution in [-0.2, 0) is 0 Å². The largest absolute Gasteiger partial charge is 0.486 e. The van der Waals surface area contributed by atoms with Crippen molar-refractivity contribution < 1.29 is 19.1 Å². The minimum atomic E-state index is -0.531. The second-order valence-electron chi connectivity index (χ2n) is 6.38. The lowest BCUT2D eigenvalue weighted by Gasteiger charge is -2.33. The Morgan fingerprint density at radius 3 is 2.80 bits per heavy atom. The molecule has 1 aromatic rings. The second-order valence-corrected chi connectivity index (χ2v) is 6.38. The zero-order valence-electron chi connectivity index (χ0n) is 14.1. The van der Waals surface area contributed by atoms with Crippen LogP contribution in [0.2, 0.25) is 0 Å². The molecule has 0 bridgehead atoms. The third kappa shape index (κ3) is 4.68. The Morgan fingerprint density at radius 2 is 2.00 bits per heavy atom. The minimum absolute atomic E-state index is 0.119. The molecule has 4 amide bonds. The highest BCUT2D eigenvalue weighted by Crippen LogP contribution is 2.30. The number of nitrogens with two attached hydrogens (primary N) is 1. The molecule has 1 fully saturated rings. The first-order valence-electron chi connectivity index (χ1n) is 8.56. The number of rotatable bonds is 4. The van der Waals surface area contributed by atoms with Crippen molar-refractivity contribution in [1.29, 1.82) is 0 Å². The number of benzene rings is 1. The summed E-state index contributed by atoms with van der Waals surface area (Å²) in [5, 5.41) is 5.52. The topological polar surface area (TPSA) is 106 Å². The molecule has 8 nitrogen and oxygen atoms in total. The van der Waals surface area contributed by atoms with Crippen LogP contribution in [0.4, 0.5) is 9.59 Å². The first kappa shape index (κ1) is 17.2. The van der Waals surface area contributed by atoms with E-state index in [2.05, 4.69) is 10.6 Å². The van der Waals surface area contributed by atoms with Crippen LogP contribution < -0.4 is 25.8 Å². The molecule has 2 aliphatic heterocycles. The number of hydrogen-bond acceptors (Lipinski definition) is 4. The highest BCUT2D eigenvalue weighted by Gasteiger charge is 2.26. The number of ether oxygens (including phenoxy) is 2. The lowest BCUT2D eigenvalue weighted by atomic mass is 9.98. The number of carbonyl (C=O) groups is 2. The van der Waals surface area contributed by atoms with Gasteiger partial charge in [0.25, 0.3) is 0 Å². The number of primary amides is 1. The Morgan fingerprint density at radius 1 is 1.20 bits per heavy atom. The fourth-order valence-electron chi connectivity index (χ4n) is 3.14. The van der Waals surface area contributed by atoms with Crippen LogP contribution in [0.25, 0.3) is 0 Å². The van der Waals surface area contributed by atoms with Gasteiger partial charge in [-0.05, 0) is 30.9 Å². The highest BCUT2D eigenvalue weighted by atomic mass is 16.6. The summed E-state index contributed by atoms with van der Waals surface area (Å²) in [6.07, 6.45) is 1.67. The second kappa shape index (κ2) is 7.96. The predicted molar refractivity (Wildman–Crippen MR) is 91.6 cm³/mol. The molecule has 1 aromatic carbocycles. The molecule has 3 rings (SSSR count). The molecule has 0 radical (unpaired) electrons. The number of nitrogens with one attached hydrogen (secondary N) is 2. The molecule has 8 heteroatoms. The number of urea groups is 2. The number of para-hydroxylation sites is 2. The first-order chi connectivity index (χ1) is 12.1. The zero-order valence-corrected chi connectivity index (χ0v) is 14.1. The quantitative estimate of drug-likeness (QED) is 0.752. The van der Waals surface area contributed by atoms with Gasteiger partial charge in [0.15, 0.2) is 17.6 Å². The van der Waals surface area contributed by atoms with Crippen LogP contribution in [-0.4, -0.2) is 55.9 Å². The maximum atomic E-state index is 12.4. The number of nitrogens with zero attached hydrogens (tertiary/aromatic N) is 1. The SMILES string of the molecule is NC(=O)NC[C@@H]1CCCN(C(=O)NC[C@@H]2COc3ccccc3O2)C1. The molecule has 0 aliphatic carbocycles. The van der Waals surface area contributed by atoms with Gasteiger partial charge < -0.3 is 30.7 Å². The van der Waals surface area contributed by atoms with Crippen molar-refractivity contribution in [2.24, 2.45) is 11.7 Å². The van der Waals surface area contributed by atoms with E-state index in [0.29, 0.717) is 38.5 Å². The Bertz CT molecular complexity index is 624. The van der Waals surface area contributed by atoms with Crippen LogP contribution in [0.5, 0.6) is 11.5 Å². The van der Waals surface area contributed by atoms with E-state index in [-0.39, 0.29) is 18.1 Å². The standard InChI is InChI=1S/C17H24N4O4/c18-16(22)19-8-12-4-3-7-21(10-12)17(23)20-9-13-11-24-14-5-1-2-6-15(14)25-13/h1-2,5-6,12-13H,3-4,7-11H2,(H,20,23)(H3,18,19,22)/t12-,13+/m0/s1. The summed E-state index contributed by atoms with van der Waals surface area (Å²) >= 11 is 0. The van der Waals surface area contributed by atoms with E-state index in [1.54, 1.807) is 4.90 Å². The van der Waals surface area contributed by atoms with E-state index in [1.165, 1.54) is 0 Å². The van der Waals surface area contributed by atoms with Gasteiger partial charge in [0, 0.05) is 19.6 Å². The fourth-order valence-corrected chi connectivity index (χ4v) is 3.14. The Kier molecular flexibility index (Phi) is 5.47. The van der Waals surface area contributed by atoms with Crippen molar-refractivity contribution >= 4 is 12.1 Å². The summed E-state index contributed by atoms with van der Waals surface area (Å²) in [5.74, 6) is 1.66. The normalized spacial score (nSPS) is 22.2. The van der Waals surface area contributed by atoms with Gasteiger partial charge in [-0.1, -0.05) is 12.1 Å². The summed E-state index contributed by atoms with van der Waals surface area (Å²) in [6.45, 7) is 2.60. The molecular formula is C17H24N4O4. The van der Waals surface area contributed by atoms with E-state index in [9.17, 15) is 9.59 Å². The molecule has 0 saturated carbocycles. The van der Waals surface area contributed by atoms with E-state index in [1.807, 2.05) is 24.3 Å². The molecule has 4 N–H and O–H groups in total. The average Bonchev–Trinajstić information content (AvgIpc) is 2.64. The van der Waals surface area contributed by atoms with E-state index < -0.39 is 6.03 Å². The number of fused-ring (bicyclic) bond motifs is 1. The van der Waals surface area contributed by atoms with Gasteiger partial charge in [0.2, 0.25) is 0 Å². The van der Waals surface area contributed by atoms with E-state index >= 15 is 0 Å². The summed E-state index contributed by atoms with van der Waals surface area (Å²) in [6, 6.07) is 6.84. The van der Waals surface area contributed by atoms with Gasteiger partial charge >= 0.3 is 12.1 Å². The zero-order chi connectivity index (χ0) is 17.6. The molecule has 0 aromatic heterocycles. The van der Waals surface area contributed by atoms with Crippen LogP contribution in [0.1, 0.15) is 12.8 Å². The van der Waals surface area contributed by atoms with Crippen molar-refractivity contribution in [2.45, 2.75) is 18.9 Å². The number of piperidine rings is 1. The molecule has 2 atom stereocenters. The van der Waals surface area contributed by atoms with Crippen molar-refractivity contribution in [1.82, 2.24) is 15.5 Å². The summed E-state index contributed by atoms with van der Waals surface area (Å²) < 4.78 is 11.5. The number of likely N-dealkylation sites (tertiary alicyclic amines) is 1. The van der Waals surface area contributed by atoms with Gasteiger partial charge in [0.1, 0.15) is 6.61 Å². The van der Waals surface area contributed by atoms with Gasteiger partial charge in [-0.25, -0.2) is 9.59 Å². The van der Waals surface area contributed by atoms with Gasteiger partial charge in [-0.15, -0.1) is 0 Å². The van der Waals surface area contributed by atoms with E-state index in [4.69, 9.17) is 15.2 Å². The third-order valence-corrected chi connectivity index (χ3v) is 4.42. The highest BCUT2D eigenvalue weighted by molar-refractivity contribution is 5.74. The monoisotopic (exact) mass is 348 g/mol. The summed E-state index contributed by atoms with van der Waals surface area (Å²) in [5.41, 5.74) is 5.10.